The molecule has 0 N–H and O–H groups in total. The average Bonchev–Trinajstić information content (AvgIpc) is 2.98. The van der Waals surface area contributed by atoms with Crippen LogP contribution in [0.3, 0.4) is 0 Å². The van der Waals surface area contributed by atoms with Gasteiger partial charge in [-0.1, -0.05) is 97.4 Å². The summed E-state index contributed by atoms with van der Waals surface area (Å²) in [7, 11) is 6.13. The zero-order valence-corrected chi connectivity index (χ0v) is 27.2. The van der Waals surface area contributed by atoms with Crippen LogP contribution in [0.4, 0.5) is 0 Å². The number of hydrogen-bond acceptors (Lipinski definition) is 5. The normalized spacial score (nSPS) is 20.8. The van der Waals surface area contributed by atoms with Gasteiger partial charge in [-0.2, -0.15) is 6.42 Å². The second-order valence-electron chi connectivity index (χ2n) is 9.00. The van der Waals surface area contributed by atoms with Crippen LogP contribution in [-0.2, 0) is 43.5 Å². The quantitative estimate of drug-likeness (QED) is 0.119. The van der Waals surface area contributed by atoms with Crippen LogP contribution in [0.5, 0.6) is 0 Å². The van der Waals surface area contributed by atoms with Gasteiger partial charge in [-0.05, 0) is 16.7 Å². The standard InChI is InChI=1S/C31H35O5.C2H2B.U/c1-3-13-27-28(23-33-20-24-14-7-4-8-15-24)36-31(32-2)30(35-22-26-18-11-6-12-19-26)29(27)34-21-25-16-9-5-10-17-25;1-2-3;/h4-12,14-19,23,27,29-31H,1,3,13,20-22H2,2H3;1-2H;/q2*-1;+2/b28-23-;;/t27?,29-,30+,31?;;/m0../s1. The summed E-state index contributed by atoms with van der Waals surface area (Å²) >= 11 is 0. The number of ether oxygens (including phenoxy) is 5. The van der Waals surface area contributed by atoms with Gasteiger partial charge in [0.1, 0.15) is 30.8 Å². The van der Waals surface area contributed by atoms with E-state index in [1.165, 1.54) is 0 Å². The average molecular weight is 762 g/mol. The van der Waals surface area contributed by atoms with E-state index in [1.54, 1.807) is 13.4 Å². The predicted octanol–water partition coefficient (Wildman–Crippen LogP) is 6.55. The van der Waals surface area contributed by atoms with Gasteiger partial charge in [-0.3, -0.25) is 0 Å². The molecule has 2 unspecified atom stereocenters. The molecular formula is C33H37BO5U. The van der Waals surface area contributed by atoms with Gasteiger partial charge in [0.05, 0.1) is 21.1 Å². The van der Waals surface area contributed by atoms with Gasteiger partial charge >= 0.3 is 31.1 Å². The van der Waals surface area contributed by atoms with E-state index in [0.717, 1.165) is 35.5 Å². The smallest absolute Gasteiger partial charge is 0.528 e. The molecule has 1 saturated heterocycles. The summed E-state index contributed by atoms with van der Waals surface area (Å²) in [5, 5.41) is 0. The number of rotatable bonds is 12. The van der Waals surface area contributed by atoms with Crippen molar-refractivity contribution in [2.24, 2.45) is 5.92 Å². The largest absolute Gasteiger partial charge is 2.00 e. The Morgan fingerprint density at radius 2 is 1.25 bits per heavy atom. The first kappa shape index (κ1) is 33.9. The maximum absolute atomic E-state index is 6.55. The molecule has 1 heterocycles. The second kappa shape index (κ2) is 19.8. The summed E-state index contributed by atoms with van der Waals surface area (Å²) in [5.41, 5.74) is 3.26. The fourth-order valence-electron chi connectivity index (χ4n) is 4.37. The SMILES string of the molecule is [B]C=[CH-].[CH2-]CCC1/C(=C/OCc2ccccc2)OC(OC)[C@H](OCc2ccccc2)[C@H]1OCc1ccccc1.[U+2]. The molecule has 0 spiro atoms. The minimum absolute atomic E-state index is 0. The first-order valence-electron chi connectivity index (χ1n) is 13.1. The van der Waals surface area contributed by atoms with Crippen molar-refractivity contribution in [3.8, 4) is 0 Å². The van der Waals surface area contributed by atoms with Crippen molar-refractivity contribution >= 4 is 7.85 Å². The Labute approximate surface area is 264 Å². The molecule has 40 heavy (non-hydrogen) atoms. The van der Waals surface area contributed by atoms with Crippen LogP contribution in [0.2, 0.25) is 0 Å². The number of benzene rings is 3. The van der Waals surface area contributed by atoms with Crippen LogP contribution in [-0.4, -0.2) is 33.5 Å². The molecule has 0 aromatic heterocycles. The summed E-state index contributed by atoms with van der Waals surface area (Å²) in [6.45, 7) is 9.94. The topological polar surface area (TPSA) is 46.2 Å². The Kier molecular flexibility index (Phi) is 16.8. The van der Waals surface area contributed by atoms with E-state index >= 15 is 0 Å². The van der Waals surface area contributed by atoms with E-state index in [2.05, 4.69) is 33.5 Å². The molecule has 0 amide bonds. The van der Waals surface area contributed by atoms with Gasteiger partial charge in [0.2, 0.25) is 6.29 Å². The van der Waals surface area contributed by atoms with Crippen LogP contribution in [0.1, 0.15) is 29.5 Å². The molecule has 4 rings (SSSR count). The molecule has 1 aliphatic heterocycles. The predicted molar refractivity (Wildman–Crippen MR) is 154 cm³/mol. The number of methoxy groups -OCH3 is 1. The van der Waals surface area contributed by atoms with Gasteiger partial charge in [-0.15, -0.1) is 0 Å². The Bertz CT molecular complexity index is 1100. The van der Waals surface area contributed by atoms with Gasteiger partial charge in [-0.25, -0.2) is 0 Å². The molecule has 0 bridgehead atoms. The van der Waals surface area contributed by atoms with Gasteiger partial charge in [0.25, 0.3) is 0 Å². The fraction of sp³-hybridized carbons (Fsp3) is 0.303. The first-order valence-corrected chi connectivity index (χ1v) is 13.1. The van der Waals surface area contributed by atoms with E-state index in [-0.39, 0.29) is 43.1 Å². The third kappa shape index (κ3) is 11.0. The molecule has 1 fully saturated rings. The summed E-state index contributed by atoms with van der Waals surface area (Å²) in [5.74, 6) is 1.60. The third-order valence-electron chi connectivity index (χ3n) is 6.22. The van der Waals surface area contributed by atoms with Crippen molar-refractivity contribution in [3.63, 3.8) is 0 Å². The van der Waals surface area contributed by atoms with E-state index in [1.807, 2.05) is 78.9 Å². The summed E-state index contributed by atoms with van der Waals surface area (Å²) in [6.07, 6.45) is 1.82. The second-order valence-corrected chi connectivity index (χ2v) is 9.00. The summed E-state index contributed by atoms with van der Waals surface area (Å²) in [6, 6.07) is 30.3. The van der Waals surface area contributed by atoms with Crippen LogP contribution in [0.15, 0.2) is 109 Å². The summed E-state index contributed by atoms with van der Waals surface area (Å²) < 4.78 is 31.0. The molecule has 2 radical (unpaired) electrons. The third-order valence-corrected chi connectivity index (χ3v) is 6.22. The van der Waals surface area contributed by atoms with Gasteiger partial charge in [0, 0.05) is 13.0 Å². The minimum Gasteiger partial charge on any atom is -0.528 e. The Balaban J connectivity index is 0.00000134. The Morgan fingerprint density at radius 1 is 0.800 bits per heavy atom. The van der Waals surface area contributed by atoms with Crippen molar-refractivity contribution < 1.29 is 54.8 Å². The maximum Gasteiger partial charge on any atom is 2.00 e. The van der Waals surface area contributed by atoms with Crippen LogP contribution < -0.4 is 0 Å². The van der Waals surface area contributed by atoms with Gasteiger partial charge in [0.15, 0.2) is 0 Å². The maximum atomic E-state index is 6.55. The van der Waals surface area contributed by atoms with Crippen molar-refractivity contribution in [1.82, 2.24) is 0 Å². The summed E-state index contributed by atoms with van der Waals surface area (Å²) in [4.78, 5) is 0. The van der Waals surface area contributed by atoms with Crippen molar-refractivity contribution in [2.45, 2.75) is 51.2 Å². The van der Waals surface area contributed by atoms with E-state index in [4.69, 9.17) is 23.7 Å². The minimum atomic E-state index is -0.637. The Morgan fingerprint density at radius 3 is 1.70 bits per heavy atom. The van der Waals surface area contributed by atoms with Gasteiger partial charge < -0.3 is 43.2 Å². The van der Waals surface area contributed by atoms with Crippen LogP contribution >= 0.6 is 0 Å². The van der Waals surface area contributed by atoms with Crippen LogP contribution in [0, 0.1) is 50.5 Å². The van der Waals surface area contributed by atoms with E-state index in [9.17, 15) is 0 Å². The van der Waals surface area contributed by atoms with Crippen molar-refractivity contribution in [1.29, 1.82) is 0 Å². The molecule has 0 aliphatic carbocycles. The monoisotopic (exact) mass is 762 g/mol. The number of hydrogen-bond donors (Lipinski definition) is 0. The fourth-order valence-corrected chi connectivity index (χ4v) is 4.37. The molecule has 1 aliphatic rings. The molecule has 5 nitrogen and oxygen atoms in total. The Hall–Kier alpha value is -2.26. The van der Waals surface area contributed by atoms with Crippen molar-refractivity contribution in [2.75, 3.05) is 7.11 Å². The van der Waals surface area contributed by atoms with E-state index < -0.39 is 12.4 Å². The zero-order chi connectivity index (χ0) is 27.7. The van der Waals surface area contributed by atoms with E-state index in [0.29, 0.717) is 25.6 Å². The first-order chi connectivity index (χ1) is 19.2. The molecule has 4 atom stereocenters. The molecule has 0 saturated carbocycles. The van der Waals surface area contributed by atoms with Crippen LogP contribution in [0.25, 0.3) is 0 Å². The zero-order valence-electron chi connectivity index (χ0n) is 23.1. The molecule has 3 aromatic rings. The molecular weight excluding hydrogens is 725 g/mol. The van der Waals surface area contributed by atoms with Crippen molar-refractivity contribution in [3.05, 3.63) is 139 Å². The molecule has 7 heteroatoms. The molecule has 206 valence electrons. The molecule has 3 aromatic carbocycles.